The third-order valence-electron chi connectivity index (χ3n) is 8.66. The highest BCUT2D eigenvalue weighted by molar-refractivity contribution is 5.95. The molecule has 1 nitrogen and oxygen atoms in total. The summed E-state index contributed by atoms with van der Waals surface area (Å²) in [5.74, 6) is 3.58. The molecule has 6 atom stereocenters. The van der Waals surface area contributed by atoms with Crippen molar-refractivity contribution < 1.29 is 4.79 Å². The van der Waals surface area contributed by atoms with E-state index in [2.05, 4.69) is 33.8 Å². The molecule has 0 radical (unpaired) electrons. The summed E-state index contributed by atoms with van der Waals surface area (Å²) in [5.41, 5.74) is 0.725. The number of fused-ring (bicyclic) bond motifs is 5. The highest BCUT2D eigenvalue weighted by Gasteiger charge is 2.60. The summed E-state index contributed by atoms with van der Waals surface area (Å²) in [6.07, 6.45) is 14.1. The van der Waals surface area contributed by atoms with Crippen molar-refractivity contribution in [3.05, 3.63) is 12.2 Å². The van der Waals surface area contributed by atoms with Crippen LogP contribution in [0.2, 0.25) is 0 Å². The Bertz CT molecular complexity index is 530. The number of hydrogen-bond donors (Lipinski definition) is 0. The van der Waals surface area contributed by atoms with Gasteiger partial charge >= 0.3 is 0 Å². The molecular weight excluding hydrogens is 268 g/mol. The van der Waals surface area contributed by atoms with Crippen molar-refractivity contribution in [3.63, 3.8) is 0 Å². The van der Waals surface area contributed by atoms with Crippen LogP contribution in [0.25, 0.3) is 0 Å². The van der Waals surface area contributed by atoms with Crippen LogP contribution in [0.4, 0.5) is 0 Å². The summed E-state index contributed by atoms with van der Waals surface area (Å²) in [6, 6.07) is 0. The Labute approximate surface area is 135 Å². The van der Waals surface area contributed by atoms with Gasteiger partial charge in [-0.1, -0.05) is 40.2 Å². The Balaban J connectivity index is 1.73. The van der Waals surface area contributed by atoms with Crippen molar-refractivity contribution in [2.45, 2.75) is 72.6 Å². The Morgan fingerprint density at radius 1 is 0.955 bits per heavy atom. The Morgan fingerprint density at radius 3 is 2.50 bits per heavy atom. The summed E-state index contributed by atoms with van der Waals surface area (Å²) in [4.78, 5) is 12.4. The summed E-state index contributed by atoms with van der Waals surface area (Å²) >= 11 is 0. The molecule has 3 saturated carbocycles. The predicted octanol–water partition coefficient (Wildman–Crippen LogP) is 5.40. The molecule has 4 rings (SSSR count). The molecule has 0 bridgehead atoms. The standard InChI is InChI=1S/C21H32O/c1-19(2)17-8-7-14-15-6-5-11-20(15,3)12-9-16(14)21(17,4)13-10-18(19)22/h10,13-17H,5-9,11-12H2,1-4H3/t14-,15-,16-,17?,20-,21+/m0/s1. The quantitative estimate of drug-likeness (QED) is 0.585. The van der Waals surface area contributed by atoms with Crippen LogP contribution in [0.5, 0.6) is 0 Å². The van der Waals surface area contributed by atoms with Crippen molar-refractivity contribution in [1.29, 1.82) is 0 Å². The van der Waals surface area contributed by atoms with Gasteiger partial charge in [-0.3, -0.25) is 4.79 Å². The molecule has 4 aliphatic carbocycles. The van der Waals surface area contributed by atoms with Crippen molar-refractivity contribution in [2.24, 2.45) is 39.9 Å². The predicted molar refractivity (Wildman–Crippen MR) is 90.4 cm³/mol. The minimum absolute atomic E-state index is 0.162. The second-order valence-electron chi connectivity index (χ2n) is 9.88. The van der Waals surface area contributed by atoms with Crippen molar-refractivity contribution in [2.75, 3.05) is 0 Å². The van der Waals surface area contributed by atoms with Gasteiger partial charge in [-0.25, -0.2) is 0 Å². The highest BCUT2D eigenvalue weighted by Crippen LogP contribution is 2.66. The second-order valence-corrected chi connectivity index (χ2v) is 9.88. The van der Waals surface area contributed by atoms with Crippen LogP contribution < -0.4 is 0 Å². The number of carbonyl (C=O) groups excluding carboxylic acids is 1. The molecule has 0 aromatic rings. The van der Waals surface area contributed by atoms with Crippen LogP contribution in [0.1, 0.15) is 72.6 Å². The number of allylic oxidation sites excluding steroid dienone is 2. The van der Waals surface area contributed by atoms with E-state index >= 15 is 0 Å². The average Bonchev–Trinajstić information content (AvgIpc) is 2.85. The molecule has 0 amide bonds. The fourth-order valence-corrected chi connectivity index (χ4v) is 7.40. The lowest BCUT2D eigenvalue weighted by Crippen LogP contribution is -2.56. The first-order valence-electron chi connectivity index (χ1n) is 9.53. The molecule has 0 aliphatic heterocycles. The molecule has 0 aromatic carbocycles. The highest BCUT2D eigenvalue weighted by atomic mass is 16.1. The van der Waals surface area contributed by atoms with Crippen LogP contribution in [0, 0.1) is 39.9 Å². The molecule has 4 aliphatic rings. The summed E-state index contributed by atoms with van der Waals surface area (Å²) in [6.45, 7) is 9.45. The number of hydrogen-bond acceptors (Lipinski definition) is 1. The maximum absolute atomic E-state index is 12.4. The van der Waals surface area contributed by atoms with Gasteiger partial charge in [0.25, 0.3) is 0 Å². The van der Waals surface area contributed by atoms with E-state index in [9.17, 15) is 4.79 Å². The molecule has 0 heterocycles. The summed E-state index contributed by atoms with van der Waals surface area (Å²) in [5, 5.41) is 0. The first-order chi connectivity index (χ1) is 10.3. The molecule has 3 fully saturated rings. The minimum Gasteiger partial charge on any atom is -0.294 e. The van der Waals surface area contributed by atoms with E-state index in [1.165, 1.54) is 44.9 Å². The van der Waals surface area contributed by atoms with Crippen LogP contribution in [-0.4, -0.2) is 5.78 Å². The Morgan fingerprint density at radius 2 is 1.73 bits per heavy atom. The zero-order valence-corrected chi connectivity index (χ0v) is 14.8. The maximum atomic E-state index is 12.4. The third kappa shape index (κ3) is 1.74. The molecule has 1 heteroatoms. The molecule has 0 N–H and O–H groups in total. The summed E-state index contributed by atoms with van der Waals surface area (Å²) < 4.78 is 0. The normalized spacial score (nSPS) is 52.8. The van der Waals surface area contributed by atoms with Crippen LogP contribution >= 0.6 is 0 Å². The first-order valence-corrected chi connectivity index (χ1v) is 9.53. The minimum atomic E-state index is -0.162. The number of rotatable bonds is 0. The largest absolute Gasteiger partial charge is 0.294 e. The zero-order valence-electron chi connectivity index (χ0n) is 14.8. The SMILES string of the molecule is CC1(C)C(=O)C=C[C@@]2(C)C1CC[C@H]1[C@@H]3CCC[C@@]3(C)CC[C@@H]12. The number of carbonyl (C=O) groups is 1. The lowest BCUT2D eigenvalue weighted by molar-refractivity contribution is -0.140. The average molecular weight is 300 g/mol. The van der Waals surface area contributed by atoms with Crippen LogP contribution in [0.3, 0.4) is 0 Å². The zero-order chi connectivity index (χ0) is 15.8. The first kappa shape index (κ1) is 15.0. The topological polar surface area (TPSA) is 17.1 Å². The molecule has 0 saturated heterocycles. The molecule has 122 valence electrons. The van der Waals surface area contributed by atoms with Gasteiger partial charge in [-0.15, -0.1) is 0 Å². The van der Waals surface area contributed by atoms with Gasteiger partial charge in [0.15, 0.2) is 5.78 Å². The van der Waals surface area contributed by atoms with Gasteiger partial charge in [0.1, 0.15) is 0 Å². The van der Waals surface area contributed by atoms with Gasteiger partial charge in [0, 0.05) is 5.41 Å². The summed E-state index contributed by atoms with van der Waals surface area (Å²) in [7, 11) is 0. The molecule has 0 aromatic heterocycles. The van der Waals surface area contributed by atoms with Gasteiger partial charge < -0.3 is 0 Å². The second kappa shape index (κ2) is 4.48. The maximum Gasteiger partial charge on any atom is 0.161 e. The van der Waals surface area contributed by atoms with Crippen molar-refractivity contribution in [1.82, 2.24) is 0 Å². The monoisotopic (exact) mass is 300 g/mol. The fraction of sp³-hybridized carbons (Fsp3) is 0.857. The van der Waals surface area contributed by atoms with E-state index < -0.39 is 0 Å². The Hall–Kier alpha value is -0.590. The van der Waals surface area contributed by atoms with E-state index in [0.29, 0.717) is 17.1 Å². The van der Waals surface area contributed by atoms with E-state index in [-0.39, 0.29) is 10.8 Å². The van der Waals surface area contributed by atoms with Crippen LogP contribution in [-0.2, 0) is 4.79 Å². The van der Waals surface area contributed by atoms with E-state index in [0.717, 1.165) is 17.8 Å². The van der Waals surface area contributed by atoms with E-state index in [1.807, 2.05) is 6.08 Å². The van der Waals surface area contributed by atoms with Gasteiger partial charge in [-0.2, -0.15) is 0 Å². The van der Waals surface area contributed by atoms with Gasteiger partial charge in [0.05, 0.1) is 0 Å². The smallest absolute Gasteiger partial charge is 0.161 e. The molecular formula is C21H32O. The van der Waals surface area contributed by atoms with E-state index in [4.69, 9.17) is 0 Å². The molecule has 1 unspecified atom stereocenters. The molecule has 22 heavy (non-hydrogen) atoms. The van der Waals surface area contributed by atoms with Gasteiger partial charge in [0.2, 0.25) is 0 Å². The van der Waals surface area contributed by atoms with Crippen molar-refractivity contribution >= 4 is 5.78 Å². The lowest BCUT2D eigenvalue weighted by Gasteiger charge is -2.61. The van der Waals surface area contributed by atoms with E-state index in [1.54, 1.807) is 0 Å². The molecule has 0 spiro atoms. The lowest BCUT2D eigenvalue weighted by atomic mass is 9.43. The van der Waals surface area contributed by atoms with Gasteiger partial charge in [-0.05, 0) is 79.1 Å². The van der Waals surface area contributed by atoms with Crippen molar-refractivity contribution in [3.8, 4) is 0 Å². The fourth-order valence-electron chi connectivity index (χ4n) is 7.40. The third-order valence-corrected chi connectivity index (χ3v) is 8.66. The number of ketones is 1. The van der Waals surface area contributed by atoms with Crippen LogP contribution in [0.15, 0.2) is 12.2 Å². The Kier molecular flexibility index (Phi) is 3.05.